The number of benzene rings is 1. The maximum Gasteiger partial charge on any atom is 0.0610 e. The summed E-state index contributed by atoms with van der Waals surface area (Å²) in [6.07, 6.45) is 2.13. The quantitative estimate of drug-likeness (QED) is 0.875. The number of piperidine rings is 1. The van der Waals surface area contributed by atoms with Gasteiger partial charge in [0.1, 0.15) is 0 Å². The standard InChI is InChI=1S/C13H18BrNO/c1-13(9-16)8-10(6-7-15-13)11-4-2-3-5-12(11)14/h2-5,10,15-16H,6-9H2,1H3. The Morgan fingerprint density at radius 2 is 2.25 bits per heavy atom. The molecule has 3 heteroatoms. The lowest BCUT2D eigenvalue weighted by molar-refractivity contribution is 0.137. The van der Waals surface area contributed by atoms with Crippen LogP contribution in [0.25, 0.3) is 0 Å². The van der Waals surface area contributed by atoms with Gasteiger partial charge in [-0.3, -0.25) is 0 Å². The number of rotatable bonds is 2. The molecule has 1 aromatic rings. The second-order valence-electron chi connectivity index (χ2n) is 4.86. The van der Waals surface area contributed by atoms with Crippen LogP contribution in [0.2, 0.25) is 0 Å². The number of aliphatic hydroxyl groups excluding tert-OH is 1. The third kappa shape index (κ3) is 2.47. The summed E-state index contributed by atoms with van der Waals surface area (Å²) in [7, 11) is 0. The fraction of sp³-hybridized carbons (Fsp3) is 0.538. The Labute approximate surface area is 105 Å². The topological polar surface area (TPSA) is 32.3 Å². The van der Waals surface area contributed by atoms with Crippen LogP contribution in [0.15, 0.2) is 28.7 Å². The van der Waals surface area contributed by atoms with E-state index in [9.17, 15) is 5.11 Å². The molecule has 1 aliphatic heterocycles. The van der Waals surface area contributed by atoms with E-state index in [1.54, 1.807) is 0 Å². The maximum atomic E-state index is 9.41. The molecule has 0 amide bonds. The molecule has 1 heterocycles. The average Bonchev–Trinajstić information content (AvgIpc) is 2.30. The number of nitrogens with one attached hydrogen (secondary N) is 1. The lowest BCUT2D eigenvalue weighted by Gasteiger charge is -2.38. The highest BCUT2D eigenvalue weighted by Gasteiger charge is 2.32. The highest BCUT2D eigenvalue weighted by Crippen LogP contribution is 2.35. The number of hydrogen-bond donors (Lipinski definition) is 2. The molecule has 88 valence electrons. The molecule has 0 radical (unpaired) electrons. The van der Waals surface area contributed by atoms with Gasteiger partial charge in [-0.1, -0.05) is 34.1 Å². The molecule has 1 aromatic carbocycles. The first-order valence-corrected chi connectivity index (χ1v) is 6.54. The molecule has 1 saturated heterocycles. The predicted octanol–water partition coefficient (Wildman–Crippen LogP) is 2.67. The normalized spacial score (nSPS) is 30.3. The van der Waals surface area contributed by atoms with Crippen molar-refractivity contribution in [1.29, 1.82) is 0 Å². The minimum Gasteiger partial charge on any atom is -0.394 e. The van der Waals surface area contributed by atoms with Gasteiger partial charge in [0.05, 0.1) is 6.61 Å². The fourth-order valence-corrected chi connectivity index (χ4v) is 3.07. The van der Waals surface area contributed by atoms with E-state index in [1.807, 2.05) is 6.07 Å². The summed E-state index contributed by atoms with van der Waals surface area (Å²) in [5.74, 6) is 0.536. The summed E-state index contributed by atoms with van der Waals surface area (Å²) in [5.41, 5.74) is 1.24. The Morgan fingerprint density at radius 1 is 1.50 bits per heavy atom. The zero-order valence-corrected chi connectivity index (χ0v) is 11.1. The van der Waals surface area contributed by atoms with Gasteiger partial charge in [-0.2, -0.15) is 0 Å². The van der Waals surface area contributed by atoms with E-state index in [4.69, 9.17) is 0 Å². The van der Waals surface area contributed by atoms with Crippen molar-refractivity contribution >= 4 is 15.9 Å². The molecule has 2 rings (SSSR count). The van der Waals surface area contributed by atoms with Crippen LogP contribution in [-0.4, -0.2) is 23.8 Å². The first-order chi connectivity index (χ1) is 7.64. The van der Waals surface area contributed by atoms with E-state index < -0.39 is 0 Å². The fourth-order valence-electron chi connectivity index (χ4n) is 2.46. The second kappa shape index (κ2) is 4.86. The van der Waals surface area contributed by atoms with E-state index in [-0.39, 0.29) is 12.1 Å². The van der Waals surface area contributed by atoms with Gasteiger partial charge in [-0.15, -0.1) is 0 Å². The largest absolute Gasteiger partial charge is 0.394 e. The number of aliphatic hydroxyl groups is 1. The summed E-state index contributed by atoms with van der Waals surface area (Å²) < 4.78 is 1.18. The van der Waals surface area contributed by atoms with Gasteiger partial charge in [0, 0.05) is 10.0 Å². The van der Waals surface area contributed by atoms with Gasteiger partial charge >= 0.3 is 0 Å². The zero-order valence-electron chi connectivity index (χ0n) is 9.54. The first kappa shape index (κ1) is 12.1. The van der Waals surface area contributed by atoms with Crippen LogP contribution in [0.1, 0.15) is 31.2 Å². The van der Waals surface area contributed by atoms with Crippen molar-refractivity contribution in [2.45, 2.75) is 31.2 Å². The Bertz CT molecular complexity index is 369. The third-order valence-electron chi connectivity index (χ3n) is 3.44. The molecule has 2 unspecified atom stereocenters. The molecule has 2 nitrogen and oxygen atoms in total. The lowest BCUT2D eigenvalue weighted by atomic mass is 9.80. The minimum absolute atomic E-state index is 0.127. The van der Waals surface area contributed by atoms with Gasteiger partial charge in [-0.25, -0.2) is 0 Å². The smallest absolute Gasteiger partial charge is 0.0610 e. The van der Waals surface area contributed by atoms with E-state index in [0.29, 0.717) is 5.92 Å². The first-order valence-electron chi connectivity index (χ1n) is 5.75. The molecule has 2 N–H and O–H groups in total. The molecular formula is C13H18BrNO. The van der Waals surface area contributed by atoms with Crippen LogP contribution >= 0.6 is 15.9 Å². The molecule has 1 fully saturated rings. The number of halogens is 1. The molecule has 0 aliphatic carbocycles. The third-order valence-corrected chi connectivity index (χ3v) is 4.16. The Morgan fingerprint density at radius 3 is 2.94 bits per heavy atom. The summed E-state index contributed by atoms with van der Waals surface area (Å²) in [5, 5.41) is 12.8. The van der Waals surface area contributed by atoms with E-state index >= 15 is 0 Å². The SMILES string of the molecule is CC1(CO)CC(c2ccccc2Br)CCN1. The Balaban J connectivity index is 2.19. The molecule has 0 aromatic heterocycles. The van der Waals surface area contributed by atoms with E-state index in [0.717, 1.165) is 19.4 Å². The van der Waals surface area contributed by atoms with Crippen LogP contribution < -0.4 is 5.32 Å². The van der Waals surface area contributed by atoms with Crippen molar-refractivity contribution in [3.63, 3.8) is 0 Å². The van der Waals surface area contributed by atoms with Gasteiger partial charge in [0.2, 0.25) is 0 Å². The minimum atomic E-state index is -0.127. The van der Waals surface area contributed by atoms with Crippen molar-refractivity contribution in [3.8, 4) is 0 Å². The zero-order chi connectivity index (χ0) is 11.6. The summed E-state index contributed by atoms with van der Waals surface area (Å²) in [4.78, 5) is 0. The van der Waals surface area contributed by atoms with E-state index in [2.05, 4.69) is 46.4 Å². The Hall–Kier alpha value is -0.380. The second-order valence-corrected chi connectivity index (χ2v) is 5.71. The van der Waals surface area contributed by atoms with Crippen LogP contribution in [0.4, 0.5) is 0 Å². The highest BCUT2D eigenvalue weighted by molar-refractivity contribution is 9.10. The number of hydrogen-bond acceptors (Lipinski definition) is 2. The van der Waals surface area contributed by atoms with Crippen molar-refractivity contribution in [1.82, 2.24) is 5.32 Å². The van der Waals surface area contributed by atoms with Crippen LogP contribution in [0, 0.1) is 0 Å². The van der Waals surface area contributed by atoms with Crippen LogP contribution in [-0.2, 0) is 0 Å². The molecule has 2 atom stereocenters. The summed E-state index contributed by atoms with van der Waals surface area (Å²) >= 11 is 3.61. The highest BCUT2D eigenvalue weighted by atomic mass is 79.9. The molecule has 0 saturated carbocycles. The lowest BCUT2D eigenvalue weighted by Crippen LogP contribution is -2.50. The van der Waals surface area contributed by atoms with Crippen LogP contribution in [0.3, 0.4) is 0 Å². The molecular weight excluding hydrogens is 266 g/mol. The van der Waals surface area contributed by atoms with Gasteiger partial charge < -0.3 is 10.4 Å². The molecule has 0 spiro atoms. The van der Waals surface area contributed by atoms with Crippen molar-refractivity contribution in [3.05, 3.63) is 34.3 Å². The molecule has 1 aliphatic rings. The monoisotopic (exact) mass is 283 g/mol. The van der Waals surface area contributed by atoms with Gasteiger partial charge in [0.15, 0.2) is 0 Å². The van der Waals surface area contributed by atoms with Gasteiger partial charge in [0.25, 0.3) is 0 Å². The average molecular weight is 284 g/mol. The molecule has 0 bridgehead atoms. The summed E-state index contributed by atoms with van der Waals surface area (Å²) in [6, 6.07) is 8.39. The van der Waals surface area contributed by atoms with E-state index in [1.165, 1.54) is 10.0 Å². The van der Waals surface area contributed by atoms with Gasteiger partial charge in [-0.05, 0) is 43.9 Å². The molecule has 16 heavy (non-hydrogen) atoms. The maximum absolute atomic E-state index is 9.41. The summed E-state index contributed by atoms with van der Waals surface area (Å²) in [6.45, 7) is 3.27. The van der Waals surface area contributed by atoms with Crippen molar-refractivity contribution in [2.75, 3.05) is 13.2 Å². The van der Waals surface area contributed by atoms with Crippen LogP contribution in [0.5, 0.6) is 0 Å². The van der Waals surface area contributed by atoms with Crippen molar-refractivity contribution < 1.29 is 5.11 Å². The Kier molecular flexibility index (Phi) is 3.67. The predicted molar refractivity (Wildman–Crippen MR) is 69.6 cm³/mol. The van der Waals surface area contributed by atoms with Crippen molar-refractivity contribution in [2.24, 2.45) is 0 Å².